The third kappa shape index (κ3) is 3.07. The highest BCUT2D eigenvalue weighted by Crippen LogP contribution is 2.10. The first-order chi connectivity index (χ1) is 12.0. The molecule has 0 unspecified atom stereocenters. The average molecular weight is 341 g/mol. The summed E-state index contributed by atoms with van der Waals surface area (Å²) in [6, 6.07) is 6.27. The van der Waals surface area contributed by atoms with E-state index >= 15 is 0 Å². The minimum absolute atomic E-state index is 0.0341. The zero-order valence-electron chi connectivity index (χ0n) is 13.0. The van der Waals surface area contributed by atoms with E-state index in [1.54, 1.807) is 0 Å². The lowest BCUT2D eigenvalue weighted by molar-refractivity contribution is -0.634. The molecule has 1 N–H and O–H groups in total. The molecule has 0 spiro atoms. The van der Waals surface area contributed by atoms with Crippen LogP contribution in [-0.2, 0) is 0 Å². The van der Waals surface area contributed by atoms with E-state index in [2.05, 4.69) is 15.5 Å². The Hall–Kier alpha value is -3.62. The van der Waals surface area contributed by atoms with Gasteiger partial charge in [-0.05, 0) is 18.2 Å². The van der Waals surface area contributed by atoms with Crippen molar-refractivity contribution >= 4 is 23.2 Å². The Morgan fingerprint density at radius 2 is 1.92 bits per heavy atom. The maximum atomic E-state index is 13.4. The van der Waals surface area contributed by atoms with Crippen molar-refractivity contribution in [3.8, 4) is 0 Å². The first-order valence-corrected chi connectivity index (χ1v) is 7.17. The molecule has 0 aliphatic heterocycles. The average Bonchev–Trinajstić information content (AvgIpc) is 2.63. The maximum Gasteiger partial charge on any atom is 0.305 e. The van der Waals surface area contributed by atoms with Crippen molar-refractivity contribution in [2.75, 3.05) is 0 Å². The van der Waals surface area contributed by atoms with Crippen LogP contribution in [0, 0.1) is 23.2 Å². The molecule has 0 fully saturated rings. The number of hydrogen-bond acceptors (Lipinski definition) is 5. The molecule has 126 valence electrons. The fourth-order valence-electron chi connectivity index (χ4n) is 2.26. The van der Waals surface area contributed by atoms with Crippen LogP contribution in [0.1, 0.15) is 21.7 Å². The number of nitrogens with zero attached hydrogens (tertiary/aromatic N) is 4. The Labute approximate surface area is 141 Å². The van der Waals surface area contributed by atoms with Crippen molar-refractivity contribution < 1.29 is 18.6 Å². The van der Waals surface area contributed by atoms with Gasteiger partial charge in [-0.25, -0.2) is 9.82 Å². The number of benzene rings is 1. The van der Waals surface area contributed by atoms with Gasteiger partial charge in [0.05, 0.1) is 6.07 Å². The number of carbonyl (C=O) groups is 1. The lowest BCUT2D eigenvalue weighted by Gasteiger charge is -2.08. The molecule has 0 atom stereocenters. The number of carbonyl (C=O) groups excluding carboxylic acids is 1. The molecule has 0 aliphatic carbocycles. The summed E-state index contributed by atoms with van der Waals surface area (Å²) in [6.07, 6.45) is 3.94. The van der Waals surface area contributed by atoms with Crippen molar-refractivity contribution in [1.82, 2.24) is 10.4 Å². The number of amides is 1. The third-order valence-electron chi connectivity index (χ3n) is 3.56. The zero-order chi connectivity index (χ0) is 18.0. The number of rotatable bonds is 3. The van der Waals surface area contributed by atoms with Crippen LogP contribution in [0.4, 0.5) is 4.39 Å². The van der Waals surface area contributed by atoms with Crippen LogP contribution in [0.5, 0.6) is 0 Å². The summed E-state index contributed by atoms with van der Waals surface area (Å²) in [5.41, 5.74) is 2.43. The molecule has 0 radical (unpaired) electrons. The van der Waals surface area contributed by atoms with Gasteiger partial charge in [0.15, 0.2) is 0 Å². The smallest absolute Gasteiger partial charge is 0.305 e. The largest absolute Gasteiger partial charge is 0.618 e. The fourth-order valence-corrected chi connectivity index (χ4v) is 2.26. The Balaban J connectivity index is 1.94. The third-order valence-corrected chi connectivity index (χ3v) is 3.56. The lowest BCUT2D eigenvalue weighted by Crippen LogP contribution is -2.45. The van der Waals surface area contributed by atoms with Gasteiger partial charge in [-0.15, -0.1) is 0 Å². The number of aromatic nitrogens is 3. The fraction of sp³-hybridized carbons (Fsp3) is 0.0625. The quantitative estimate of drug-likeness (QED) is 0.327. The summed E-state index contributed by atoms with van der Waals surface area (Å²) in [5.74, 6) is -1.15. The second kappa shape index (κ2) is 6.48. The molecule has 3 rings (SSSR count). The number of halogens is 1. The summed E-state index contributed by atoms with van der Waals surface area (Å²) < 4.78 is 14.3. The van der Waals surface area contributed by atoms with E-state index in [9.17, 15) is 19.6 Å². The number of nitrogens with one attached hydrogen (secondary N) is 1. The Morgan fingerprint density at radius 3 is 2.64 bits per heavy atom. The van der Waals surface area contributed by atoms with Crippen molar-refractivity contribution in [3.63, 3.8) is 0 Å². The second-order valence-electron chi connectivity index (χ2n) is 5.13. The normalized spacial score (nSPS) is 11.1. The van der Waals surface area contributed by atoms with E-state index in [1.165, 1.54) is 37.5 Å². The predicted octanol–water partition coefficient (Wildman–Crippen LogP) is 0.713. The minimum Gasteiger partial charge on any atom is -0.618 e. The van der Waals surface area contributed by atoms with Crippen LogP contribution in [0.25, 0.3) is 11.0 Å². The van der Waals surface area contributed by atoms with Crippen LogP contribution in [0.15, 0.2) is 47.8 Å². The highest BCUT2D eigenvalue weighted by Gasteiger charge is 2.24. The minimum atomic E-state index is -0.644. The molecule has 0 aliphatic rings. The standard InChI is InChI=1S/C16H12FN5O3/c1-10-15(9-19-20-16(23)11-4-6-18-7-5-11)22(25)14-8-12(17)2-3-13(14)21(10)24/h2-9H,1H3,(H,20,23)/b19-9+. The number of hydrogen-bond donors (Lipinski definition) is 1. The second-order valence-corrected chi connectivity index (χ2v) is 5.13. The molecule has 3 aromatic rings. The van der Waals surface area contributed by atoms with Crippen molar-refractivity contribution in [2.45, 2.75) is 6.92 Å². The molecule has 25 heavy (non-hydrogen) atoms. The van der Waals surface area contributed by atoms with Gasteiger partial charge < -0.3 is 10.4 Å². The van der Waals surface area contributed by atoms with Gasteiger partial charge in [-0.3, -0.25) is 9.78 Å². The van der Waals surface area contributed by atoms with E-state index < -0.39 is 11.7 Å². The Morgan fingerprint density at radius 1 is 1.20 bits per heavy atom. The molecule has 0 saturated carbocycles. The lowest BCUT2D eigenvalue weighted by atomic mass is 10.2. The van der Waals surface area contributed by atoms with Gasteiger partial charge in [-0.1, -0.05) is 0 Å². The van der Waals surface area contributed by atoms with Crippen LogP contribution in [0.2, 0.25) is 0 Å². The van der Waals surface area contributed by atoms with Crippen LogP contribution >= 0.6 is 0 Å². The zero-order valence-corrected chi connectivity index (χ0v) is 13.0. The van der Waals surface area contributed by atoms with Gasteiger partial charge in [0.2, 0.25) is 0 Å². The highest BCUT2D eigenvalue weighted by atomic mass is 19.1. The monoisotopic (exact) mass is 341 g/mol. The van der Waals surface area contributed by atoms with Crippen molar-refractivity contribution in [1.29, 1.82) is 0 Å². The van der Waals surface area contributed by atoms with Crippen molar-refractivity contribution in [2.24, 2.45) is 5.10 Å². The molecular weight excluding hydrogens is 329 g/mol. The number of fused-ring (bicyclic) bond motifs is 1. The topological polar surface area (TPSA) is 108 Å². The van der Waals surface area contributed by atoms with E-state index in [1.807, 2.05) is 0 Å². The predicted molar refractivity (Wildman–Crippen MR) is 85.9 cm³/mol. The van der Waals surface area contributed by atoms with Gasteiger partial charge in [0.25, 0.3) is 22.6 Å². The van der Waals surface area contributed by atoms with Gasteiger partial charge >= 0.3 is 5.69 Å². The maximum absolute atomic E-state index is 13.4. The molecule has 9 heteroatoms. The Bertz CT molecular complexity index is 992. The number of pyridine rings is 1. The molecule has 8 nitrogen and oxygen atoms in total. The molecule has 1 aromatic carbocycles. The van der Waals surface area contributed by atoms with Crippen LogP contribution in [0.3, 0.4) is 0 Å². The first-order valence-electron chi connectivity index (χ1n) is 7.17. The van der Waals surface area contributed by atoms with Gasteiger partial charge in [-0.2, -0.15) is 14.6 Å². The van der Waals surface area contributed by atoms with Gasteiger partial charge in [0.1, 0.15) is 12.0 Å². The summed E-state index contributed by atoms with van der Waals surface area (Å²) >= 11 is 0. The summed E-state index contributed by atoms with van der Waals surface area (Å²) in [7, 11) is 0. The molecular formula is C16H12FN5O3. The first kappa shape index (κ1) is 16.2. The molecule has 1 amide bonds. The van der Waals surface area contributed by atoms with E-state index in [-0.39, 0.29) is 22.4 Å². The van der Waals surface area contributed by atoms with E-state index in [4.69, 9.17) is 0 Å². The van der Waals surface area contributed by atoms with Crippen LogP contribution in [-0.4, -0.2) is 17.1 Å². The molecule has 2 aromatic heterocycles. The van der Waals surface area contributed by atoms with E-state index in [0.29, 0.717) is 15.0 Å². The SMILES string of the molecule is Cc1c(/C=N/NC(=O)c2ccncc2)[n+]([O-])c2cc(F)ccc2[n+]1[O-]. The molecule has 2 heterocycles. The summed E-state index contributed by atoms with van der Waals surface area (Å²) in [5, 5.41) is 28.3. The van der Waals surface area contributed by atoms with Crippen LogP contribution < -0.4 is 14.9 Å². The van der Waals surface area contributed by atoms with Crippen molar-refractivity contribution in [3.05, 3.63) is 75.9 Å². The van der Waals surface area contributed by atoms with E-state index in [0.717, 1.165) is 18.3 Å². The molecule has 0 bridgehead atoms. The number of hydrazone groups is 1. The summed E-state index contributed by atoms with van der Waals surface area (Å²) in [6.45, 7) is 1.43. The summed E-state index contributed by atoms with van der Waals surface area (Å²) in [4.78, 5) is 15.7. The Kier molecular flexibility index (Phi) is 4.21. The molecule has 0 saturated heterocycles. The van der Waals surface area contributed by atoms with Gasteiger partial charge in [0, 0.05) is 30.9 Å². The highest BCUT2D eigenvalue weighted by molar-refractivity contribution is 5.94.